The minimum absolute atomic E-state index is 0.308. The van der Waals surface area contributed by atoms with Gasteiger partial charge in [-0.1, -0.05) is 28.5 Å². The zero-order chi connectivity index (χ0) is 18.2. The van der Waals surface area contributed by atoms with Crippen molar-refractivity contribution in [1.29, 1.82) is 5.26 Å². The van der Waals surface area contributed by atoms with E-state index in [1.54, 1.807) is 18.2 Å². The quantitative estimate of drug-likeness (QED) is 0.793. The van der Waals surface area contributed by atoms with Crippen molar-refractivity contribution < 1.29 is 8.76 Å². The molecule has 1 spiro atoms. The van der Waals surface area contributed by atoms with Gasteiger partial charge in [0.2, 0.25) is 0 Å². The van der Waals surface area contributed by atoms with Gasteiger partial charge in [0.05, 0.1) is 22.9 Å². The van der Waals surface area contributed by atoms with Gasteiger partial charge in [0.1, 0.15) is 0 Å². The number of benzene rings is 2. The Bertz CT molecular complexity index is 909. The summed E-state index contributed by atoms with van der Waals surface area (Å²) in [5.74, 6) is 0. The molecule has 0 aliphatic carbocycles. The zero-order valence-electron chi connectivity index (χ0n) is 14.3. The molecule has 0 amide bonds. The van der Waals surface area contributed by atoms with E-state index in [1.165, 1.54) is 0 Å². The summed E-state index contributed by atoms with van der Waals surface area (Å²) in [5.41, 5.74) is 1.91. The van der Waals surface area contributed by atoms with Crippen LogP contribution in [0.1, 0.15) is 17.5 Å². The second-order valence-corrected chi connectivity index (χ2v) is 8.66. The molecule has 0 bridgehead atoms. The van der Waals surface area contributed by atoms with Gasteiger partial charge in [0.25, 0.3) is 0 Å². The van der Waals surface area contributed by atoms with Crippen LogP contribution in [0.3, 0.4) is 0 Å². The molecule has 134 valence electrons. The van der Waals surface area contributed by atoms with Crippen molar-refractivity contribution in [2.75, 3.05) is 25.0 Å². The molecule has 26 heavy (non-hydrogen) atoms. The lowest BCUT2D eigenvalue weighted by Gasteiger charge is -2.29. The maximum Gasteiger partial charge on any atom is 0.198 e. The fourth-order valence-electron chi connectivity index (χ4n) is 3.75. The molecule has 2 N–H and O–H groups in total. The van der Waals surface area contributed by atoms with Crippen molar-refractivity contribution in [3.63, 3.8) is 0 Å². The number of hydrogen-bond acceptors (Lipinski definition) is 5. The first-order chi connectivity index (χ1) is 12.5. The number of nitrogens with zero attached hydrogens (tertiary/aromatic N) is 2. The molecular formula is C19H20N4O2S. The highest BCUT2D eigenvalue weighted by Crippen LogP contribution is 2.33. The van der Waals surface area contributed by atoms with E-state index >= 15 is 0 Å². The minimum Gasteiger partial charge on any atom is -0.593 e. The van der Waals surface area contributed by atoms with Gasteiger partial charge < -0.3 is 9.87 Å². The minimum atomic E-state index is -3.55. The van der Waals surface area contributed by atoms with Crippen molar-refractivity contribution in [1.82, 2.24) is 9.62 Å². The molecule has 0 saturated carbocycles. The Morgan fingerprint density at radius 1 is 1.23 bits per heavy atom. The van der Waals surface area contributed by atoms with Crippen LogP contribution in [0.15, 0.2) is 53.4 Å². The summed E-state index contributed by atoms with van der Waals surface area (Å²) in [6.45, 7) is 2.77. The number of para-hydroxylation sites is 1. The number of likely N-dealkylation sites (tertiary alicyclic amines) is 1. The van der Waals surface area contributed by atoms with Gasteiger partial charge >= 0.3 is 0 Å². The highest BCUT2D eigenvalue weighted by molar-refractivity contribution is 7.96. The van der Waals surface area contributed by atoms with Crippen molar-refractivity contribution in [2.45, 2.75) is 23.4 Å². The predicted octanol–water partition coefficient (Wildman–Crippen LogP) is 2.12. The smallest absolute Gasteiger partial charge is 0.198 e. The Kier molecular flexibility index (Phi) is 4.29. The molecule has 0 radical (unpaired) electrons. The summed E-state index contributed by atoms with van der Waals surface area (Å²) in [6, 6.07) is 16.7. The van der Waals surface area contributed by atoms with E-state index in [0.29, 0.717) is 29.2 Å². The molecule has 2 aliphatic heterocycles. The second kappa shape index (κ2) is 6.49. The van der Waals surface area contributed by atoms with E-state index in [-0.39, 0.29) is 0 Å². The van der Waals surface area contributed by atoms with E-state index < -0.39 is 15.9 Å². The van der Waals surface area contributed by atoms with Gasteiger partial charge in [-0.25, -0.2) is 0 Å². The topological polar surface area (TPSA) is 91.2 Å². The SMILES string of the molecule is N#Cc1ccc(CN2CCC3(CNc4ccccc4[S+](=O)([O-])N3)C2)cc1. The molecule has 4 rings (SSSR count). The molecule has 6 nitrogen and oxygen atoms in total. The van der Waals surface area contributed by atoms with Crippen molar-refractivity contribution >= 4 is 16.1 Å². The Labute approximate surface area is 154 Å². The molecule has 1 saturated heterocycles. The Hall–Kier alpha value is -2.24. The molecule has 2 unspecified atom stereocenters. The van der Waals surface area contributed by atoms with E-state index in [9.17, 15) is 8.76 Å². The van der Waals surface area contributed by atoms with Crippen LogP contribution in [0.5, 0.6) is 0 Å². The number of sulfonamides is 1. The molecule has 0 aromatic heterocycles. The molecule has 7 heteroatoms. The van der Waals surface area contributed by atoms with Gasteiger partial charge in [-0.2, -0.15) is 5.26 Å². The highest BCUT2D eigenvalue weighted by atomic mass is 32.3. The molecule has 2 atom stereocenters. The maximum absolute atomic E-state index is 12.8. The number of nitrogens with one attached hydrogen (secondary N) is 2. The maximum atomic E-state index is 12.8. The van der Waals surface area contributed by atoms with Gasteiger partial charge in [0.15, 0.2) is 15.3 Å². The number of rotatable bonds is 2. The van der Waals surface area contributed by atoms with Crippen LogP contribution in [-0.2, 0) is 21.2 Å². The van der Waals surface area contributed by atoms with Crippen molar-refractivity contribution in [3.8, 4) is 6.07 Å². The Balaban J connectivity index is 1.50. The van der Waals surface area contributed by atoms with Gasteiger partial charge in [-0.3, -0.25) is 4.90 Å². The van der Waals surface area contributed by atoms with E-state index in [2.05, 4.69) is 21.0 Å². The number of fused-ring (bicyclic) bond motifs is 1. The molecule has 2 aromatic carbocycles. The molecular weight excluding hydrogens is 348 g/mol. The fraction of sp³-hybridized carbons (Fsp3) is 0.316. The van der Waals surface area contributed by atoms with E-state index in [0.717, 1.165) is 25.1 Å². The normalized spacial score (nSPS) is 28.2. The van der Waals surface area contributed by atoms with Crippen LogP contribution in [0, 0.1) is 11.3 Å². The first kappa shape index (κ1) is 17.2. The lowest BCUT2D eigenvalue weighted by molar-refractivity contribution is 0.296. The first-order valence-electron chi connectivity index (χ1n) is 8.58. The summed E-state index contributed by atoms with van der Waals surface area (Å²) >= 11 is 0. The summed E-state index contributed by atoms with van der Waals surface area (Å²) in [4.78, 5) is 2.56. The van der Waals surface area contributed by atoms with Crippen LogP contribution in [-0.4, -0.2) is 34.6 Å². The second-order valence-electron chi connectivity index (χ2n) is 7.00. The summed E-state index contributed by atoms with van der Waals surface area (Å²) in [5, 5.41) is 12.2. The lowest BCUT2D eigenvalue weighted by Crippen LogP contribution is -2.55. The third-order valence-electron chi connectivity index (χ3n) is 5.07. The number of nitriles is 1. The lowest BCUT2D eigenvalue weighted by atomic mass is 10.00. The van der Waals surface area contributed by atoms with E-state index in [1.807, 2.05) is 30.3 Å². The third-order valence-corrected chi connectivity index (χ3v) is 6.70. The number of anilines is 1. The molecule has 2 aromatic rings. The molecule has 1 fully saturated rings. The van der Waals surface area contributed by atoms with Crippen molar-refractivity contribution in [2.24, 2.45) is 0 Å². The summed E-state index contributed by atoms with van der Waals surface area (Å²) < 4.78 is 28.5. The van der Waals surface area contributed by atoms with Gasteiger partial charge in [-0.05, 0) is 36.2 Å². The average molecular weight is 368 g/mol. The summed E-state index contributed by atoms with van der Waals surface area (Å²) in [6.07, 6.45) is 0.753. The van der Waals surface area contributed by atoms with Crippen LogP contribution in [0.4, 0.5) is 5.69 Å². The van der Waals surface area contributed by atoms with Gasteiger partial charge in [0, 0.05) is 26.2 Å². The standard InChI is InChI=1S/C19H20N4O2S/c20-11-15-5-7-16(8-6-15)12-23-10-9-19(14-23)13-21-17-3-1-2-4-18(17)26(24,25)22-19/h1-8,21H,9-10,12-14H2,(H-,22,24,25). The monoisotopic (exact) mass is 368 g/mol. The molecule has 2 aliphatic rings. The van der Waals surface area contributed by atoms with Crippen LogP contribution in [0.2, 0.25) is 0 Å². The average Bonchev–Trinajstić information content (AvgIpc) is 2.98. The first-order valence-corrected chi connectivity index (χ1v) is 10.1. The van der Waals surface area contributed by atoms with Crippen LogP contribution in [0.25, 0.3) is 0 Å². The largest absolute Gasteiger partial charge is 0.593 e. The van der Waals surface area contributed by atoms with Crippen molar-refractivity contribution in [3.05, 3.63) is 59.7 Å². The molecule has 2 heterocycles. The number of hydrogen-bond donors (Lipinski definition) is 2. The third kappa shape index (κ3) is 3.24. The van der Waals surface area contributed by atoms with Crippen LogP contribution < -0.4 is 10.0 Å². The van der Waals surface area contributed by atoms with E-state index in [4.69, 9.17) is 5.26 Å². The highest BCUT2D eigenvalue weighted by Gasteiger charge is 2.46. The predicted molar refractivity (Wildman–Crippen MR) is 98.9 cm³/mol. The summed E-state index contributed by atoms with van der Waals surface area (Å²) in [7, 11) is -3.55. The Morgan fingerprint density at radius 2 is 2.00 bits per heavy atom. The van der Waals surface area contributed by atoms with Gasteiger partial charge in [-0.15, -0.1) is 4.72 Å². The zero-order valence-corrected chi connectivity index (χ0v) is 15.1. The van der Waals surface area contributed by atoms with Crippen LogP contribution >= 0.6 is 0 Å². The fourth-order valence-corrected chi connectivity index (χ4v) is 5.36. The Morgan fingerprint density at radius 3 is 2.77 bits per heavy atom.